The molecule has 1 aliphatic rings. The second-order valence-corrected chi connectivity index (χ2v) is 11.6. The van der Waals surface area contributed by atoms with Gasteiger partial charge in [0.2, 0.25) is 0 Å². The van der Waals surface area contributed by atoms with Crippen LogP contribution < -0.4 is 26.8 Å². The highest BCUT2D eigenvalue weighted by atomic mass is 35.5. The van der Waals surface area contributed by atoms with E-state index >= 15 is 0 Å². The quantitative estimate of drug-likeness (QED) is 0.0595. The predicted octanol–water partition coefficient (Wildman–Crippen LogP) is -0.604. The summed E-state index contributed by atoms with van der Waals surface area (Å²) in [7, 11) is -4.14. The van der Waals surface area contributed by atoms with Gasteiger partial charge in [-0.1, -0.05) is 35.0 Å². The topological polar surface area (TPSA) is 270 Å². The third-order valence-corrected chi connectivity index (χ3v) is 7.24. The maximum absolute atomic E-state index is 13.2. The largest absolute Gasteiger partial charge is 0.489 e. The van der Waals surface area contributed by atoms with Crippen LogP contribution in [0.4, 0.5) is 5.13 Å². The Bertz CT molecular complexity index is 1530. The molecule has 1 aromatic heterocycles. The lowest BCUT2D eigenvalue weighted by atomic mass is 10.1. The maximum atomic E-state index is 13.2. The molecule has 0 aliphatic carbocycles. The van der Waals surface area contributed by atoms with Crippen molar-refractivity contribution < 1.29 is 46.3 Å². The van der Waals surface area contributed by atoms with Crippen LogP contribution in [-0.2, 0) is 33.9 Å². The molecule has 2 amide bonds. The predicted molar refractivity (Wildman–Crippen MR) is 158 cm³/mol. The lowest BCUT2D eigenvalue weighted by Gasteiger charge is -2.23. The van der Waals surface area contributed by atoms with Gasteiger partial charge in [-0.3, -0.25) is 19.1 Å². The first-order valence-corrected chi connectivity index (χ1v) is 15.2. The highest BCUT2D eigenvalue weighted by Crippen LogP contribution is 2.27. The Labute approximate surface area is 259 Å². The Morgan fingerprint density at radius 3 is 2.45 bits per heavy atom. The summed E-state index contributed by atoms with van der Waals surface area (Å²) in [6, 6.07) is 5.11. The number of aromatic nitrogens is 1. The van der Waals surface area contributed by atoms with E-state index in [-0.39, 0.29) is 38.4 Å². The number of rotatable bonds is 15. The summed E-state index contributed by atoms with van der Waals surface area (Å²) in [6.07, 6.45) is -1.81. The highest BCUT2D eigenvalue weighted by Gasteiger charge is 2.31. The number of aliphatic carboxylic acids is 1. The number of nitrogens with zero attached hydrogens (tertiary/aromatic N) is 4. The van der Waals surface area contributed by atoms with Gasteiger partial charge in [0.05, 0.1) is 6.04 Å². The Kier molecular flexibility index (Phi) is 11.8. The van der Waals surface area contributed by atoms with E-state index in [1.54, 1.807) is 24.3 Å². The van der Waals surface area contributed by atoms with E-state index in [1.165, 1.54) is 6.92 Å². The zero-order chi connectivity index (χ0) is 32.6. The lowest BCUT2D eigenvalue weighted by molar-refractivity contribution is -0.156. The van der Waals surface area contributed by atoms with E-state index in [2.05, 4.69) is 30.0 Å². The lowest BCUT2D eigenvalue weighted by Crippen LogP contribution is -2.49. The molecule has 2 heterocycles. The average molecular weight is 677 g/mol. The molecule has 0 bridgehead atoms. The second kappa shape index (κ2) is 15.1. The van der Waals surface area contributed by atoms with Crippen LogP contribution in [0.2, 0.25) is 4.34 Å². The number of carboxylic acids is 1. The minimum Gasteiger partial charge on any atom is -0.489 e. The van der Waals surface area contributed by atoms with Gasteiger partial charge < -0.3 is 36.8 Å². The van der Waals surface area contributed by atoms with Crippen LogP contribution in [0, 0.1) is 0 Å². The number of hydrogen-bond acceptors (Lipinski definition) is 14. The fourth-order valence-electron chi connectivity index (χ4n) is 3.41. The molecule has 0 saturated carbocycles. The molecule has 0 unspecified atom stereocenters. The minimum absolute atomic E-state index is 0.0634. The number of amidine groups is 1. The van der Waals surface area contributed by atoms with Gasteiger partial charge in [-0.15, -0.1) is 4.28 Å². The molecule has 1 saturated heterocycles. The summed E-state index contributed by atoms with van der Waals surface area (Å²) in [4.78, 5) is 51.1. The molecule has 1 aromatic carbocycles. The first kappa shape index (κ1) is 34.4. The van der Waals surface area contributed by atoms with Gasteiger partial charge in [0.1, 0.15) is 34.3 Å². The number of nitrogen functional groups attached to an aromatic ring is 1. The summed E-state index contributed by atoms with van der Waals surface area (Å²) in [5.74, 6) is -3.06. The van der Waals surface area contributed by atoms with E-state index in [0.717, 1.165) is 31.5 Å². The van der Waals surface area contributed by atoms with E-state index in [4.69, 9.17) is 37.2 Å². The third-order valence-electron chi connectivity index (χ3n) is 5.75. The van der Waals surface area contributed by atoms with E-state index in [0.29, 0.717) is 11.4 Å². The molecule has 2 atom stereocenters. The molecule has 2 aromatic rings. The number of carbonyl (C=O) groups excluding carboxylic acids is 2. The van der Waals surface area contributed by atoms with Crippen LogP contribution in [0.1, 0.15) is 24.6 Å². The van der Waals surface area contributed by atoms with Crippen molar-refractivity contribution in [3.63, 3.8) is 0 Å². The Morgan fingerprint density at radius 1 is 1.30 bits per heavy atom. The van der Waals surface area contributed by atoms with Crippen molar-refractivity contribution in [1.29, 1.82) is 0 Å². The van der Waals surface area contributed by atoms with Crippen molar-refractivity contribution in [3.05, 3.63) is 39.9 Å². The number of anilines is 1. The number of carbonyl (C=O) groups is 3. The number of carboxylic acid groups (broad SMARTS) is 1. The molecule has 44 heavy (non-hydrogen) atoms. The standard InChI is InChI=1S/C23H29ClN8O10S2/c1-3-14(21(34)32(2)42-44(37,38)39)29-20(33)17(16-18(24)43-23(26)30-16)31-41-15(22(35)36)10-40-13-6-4-11(5-7-13)19(25)28-12-8-27-9-12/h4-7,12,14-15,27H,3,8-10H2,1-2H3,(H2,25,28)(H2,26,30)(H,29,33)(H,35,36)(H,37,38,39)/b31-17-/t14-,15-/m0/s1. The zero-order valence-electron chi connectivity index (χ0n) is 23.2. The van der Waals surface area contributed by atoms with Gasteiger partial charge in [-0.05, 0) is 30.7 Å². The molecule has 240 valence electrons. The first-order valence-electron chi connectivity index (χ1n) is 12.6. The van der Waals surface area contributed by atoms with Crippen LogP contribution >= 0.6 is 22.9 Å². The number of hydrogen-bond donors (Lipinski definition) is 6. The molecule has 0 spiro atoms. The number of oxime groups is 1. The number of halogens is 1. The molecule has 1 fully saturated rings. The molecule has 8 N–H and O–H groups in total. The number of amides is 2. The van der Waals surface area contributed by atoms with Crippen LogP contribution in [0.5, 0.6) is 5.75 Å². The fourth-order valence-corrected chi connectivity index (χ4v) is 4.70. The third kappa shape index (κ3) is 9.72. The van der Waals surface area contributed by atoms with E-state index in [9.17, 15) is 27.9 Å². The van der Waals surface area contributed by atoms with Crippen molar-refractivity contribution >= 4 is 67.8 Å². The van der Waals surface area contributed by atoms with Crippen molar-refractivity contribution in [1.82, 2.24) is 20.7 Å². The Hall–Kier alpha value is -4.08. The summed E-state index contributed by atoms with van der Waals surface area (Å²) in [5, 5.41) is 18.8. The SMILES string of the molecule is CC[C@H](NC(=O)/C(=N\O[C@@H](COc1ccc(C(N)=NC2CNC2)cc1)C(=O)O)c1nc(N)sc1Cl)C(=O)N(C)OS(=O)(=O)O. The number of nitrogens with one attached hydrogen (secondary N) is 2. The fraction of sp³-hybridized carbons (Fsp3) is 0.391. The number of benzene rings is 1. The Morgan fingerprint density at radius 2 is 1.95 bits per heavy atom. The van der Waals surface area contributed by atoms with Crippen molar-refractivity contribution in [3.8, 4) is 5.75 Å². The summed E-state index contributed by atoms with van der Waals surface area (Å²) < 4.78 is 40.3. The number of aliphatic imine (C=N–C) groups is 1. The Balaban J connectivity index is 1.75. The summed E-state index contributed by atoms with van der Waals surface area (Å²) in [5.41, 5.74) is 11.4. The van der Waals surface area contributed by atoms with Crippen molar-refractivity contribution in [2.75, 3.05) is 32.5 Å². The van der Waals surface area contributed by atoms with Gasteiger partial charge in [0.15, 0.2) is 10.8 Å². The monoisotopic (exact) mass is 676 g/mol. The van der Waals surface area contributed by atoms with Crippen molar-refractivity contribution in [2.45, 2.75) is 31.5 Å². The van der Waals surface area contributed by atoms with Crippen molar-refractivity contribution in [2.24, 2.45) is 15.9 Å². The molecular formula is C23H29ClN8O10S2. The number of thiazole rings is 1. The summed E-state index contributed by atoms with van der Waals surface area (Å²) >= 11 is 6.92. The molecule has 3 rings (SSSR count). The van der Waals surface area contributed by atoms with Crippen LogP contribution in [0.3, 0.4) is 0 Å². The molecule has 18 nitrogen and oxygen atoms in total. The van der Waals surface area contributed by atoms with Gasteiger partial charge in [-0.25, -0.2) is 14.8 Å². The normalized spacial score (nSPS) is 15.5. The smallest absolute Gasteiger partial charge is 0.418 e. The number of hydroxylamine groups is 2. The van der Waals surface area contributed by atoms with Gasteiger partial charge in [0.25, 0.3) is 17.9 Å². The molecular weight excluding hydrogens is 648 g/mol. The summed E-state index contributed by atoms with van der Waals surface area (Å²) in [6.45, 7) is 2.41. The number of likely N-dealkylation sites (N-methyl/N-ethyl adjacent to an activating group) is 1. The zero-order valence-corrected chi connectivity index (χ0v) is 25.6. The number of nitrogens with two attached hydrogens (primary N) is 2. The molecule has 1 aliphatic heterocycles. The molecule has 21 heteroatoms. The van der Waals surface area contributed by atoms with Gasteiger partial charge >= 0.3 is 16.4 Å². The highest BCUT2D eigenvalue weighted by molar-refractivity contribution is 7.80. The molecule has 0 radical (unpaired) electrons. The van der Waals surface area contributed by atoms with Crippen LogP contribution in [0.25, 0.3) is 0 Å². The second-order valence-electron chi connectivity index (χ2n) is 8.98. The van der Waals surface area contributed by atoms with E-state index in [1.807, 2.05) is 0 Å². The minimum atomic E-state index is -5.03. The first-order chi connectivity index (χ1) is 20.7. The van der Waals surface area contributed by atoms with Crippen LogP contribution in [0.15, 0.2) is 34.4 Å². The van der Waals surface area contributed by atoms with E-state index < -0.39 is 52.6 Å². The average Bonchev–Trinajstić information content (AvgIpc) is 3.26. The maximum Gasteiger partial charge on any atom is 0.418 e. The van der Waals surface area contributed by atoms with Crippen LogP contribution in [-0.4, -0.2) is 102 Å². The van der Waals surface area contributed by atoms with Gasteiger partial charge in [0, 0.05) is 25.7 Å². The number of ether oxygens (including phenoxy) is 1. The van der Waals surface area contributed by atoms with Gasteiger partial charge in [-0.2, -0.15) is 8.42 Å².